The number of rotatable bonds is 5. The fourth-order valence-corrected chi connectivity index (χ4v) is 2.60. The van der Waals surface area contributed by atoms with E-state index in [0.717, 1.165) is 12.8 Å². The number of nitrogens with one attached hydrogen (secondary N) is 1. The molecule has 0 amide bonds. The minimum atomic E-state index is 0.402. The van der Waals surface area contributed by atoms with Gasteiger partial charge in [0.25, 0.3) is 0 Å². The lowest BCUT2D eigenvalue weighted by atomic mass is 9.97. The summed E-state index contributed by atoms with van der Waals surface area (Å²) in [7, 11) is 3.99. The van der Waals surface area contributed by atoms with Gasteiger partial charge in [-0.2, -0.15) is 5.10 Å². The predicted octanol–water partition coefficient (Wildman–Crippen LogP) is 2.93. The molecule has 0 spiro atoms. The van der Waals surface area contributed by atoms with Crippen molar-refractivity contribution in [1.82, 2.24) is 15.1 Å². The van der Waals surface area contributed by atoms with Crippen LogP contribution in [0.4, 0.5) is 0 Å². The van der Waals surface area contributed by atoms with E-state index in [4.69, 9.17) is 0 Å². The minimum absolute atomic E-state index is 0.402. The van der Waals surface area contributed by atoms with E-state index < -0.39 is 0 Å². The number of aryl methyl sites for hydroxylation is 4. The molecular weight excluding hydrogens is 234 g/mol. The van der Waals surface area contributed by atoms with Crippen LogP contribution in [0.15, 0.2) is 30.6 Å². The van der Waals surface area contributed by atoms with Crippen LogP contribution >= 0.6 is 0 Å². The second-order valence-corrected chi connectivity index (χ2v) is 5.32. The lowest BCUT2D eigenvalue weighted by molar-refractivity contribution is 0.548. The normalized spacial score (nSPS) is 12.6. The van der Waals surface area contributed by atoms with E-state index in [1.807, 2.05) is 25.0 Å². The van der Waals surface area contributed by atoms with Crippen LogP contribution in [-0.4, -0.2) is 16.8 Å². The standard InChI is InChI=1S/C16H23N3/c1-12-7-13(2)9-15(8-12)16(17-3)6-5-14-10-18-19(4)11-14/h7-11,16-17H,5-6H2,1-4H3. The molecule has 1 aromatic carbocycles. The van der Waals surface area contributed by atoms with Crippen molar-refractivity contribution in [2.75, 3.05) is 7.05 Å². The highest BCUT2D eigenvalue weighted by atomic mass is 15.2. The van der Waals surface area contributed by atoms with Crippen LogP contribution in [-0.2, 0) is 13.5 Å². The van der Waals surface area contributed by atoms with Crippen LogP contribution in [0.5, 0.6) is 0 Å². The lowest BCUT2D eigenvalue weighted by Gasteiger charge is -2.17. The molecule has 2 aromatic rings. The van der Waals surface area contributed by atoms with Gasteiger partial charge in [-0.15, -0.1) is 0 Å². The molecule has 0 bridgehead atoms. The quantitative estimate of drug-likeness (QED) is 0.892. The second-order valence-electron chi connectivity index (χ2n) is 5.32. The van der Waals surface area contributed by atoms with Gasteiger partial charge in [0.05, 0.1) is 6.20 Å². The van der Waals surface area contributed by atoms with E-state index >= 15 is 0 Å². The van der Waals surface area contributed by atoms with E-state index in [9.17, 15) is 0 Å². The summed E-state index contributed by atoms with van der Waals surface area (Å²) in [6.07, 6.45) is 6.18. The van der Waals surface area contributed by atoms with Gasteiger partial charge in [-0.25, -0.2) is 0 Å². The van der Waals surface area contributed by atoms with Crippen molar-refractivity contribution in [3.8, 4) is 0 Å². The molecule has 102 valence electrons. The average molecular weight is 257 g/mol. The Morgan fingerprint density at radius 1 is 1.21 bits per heavy atom. The summed E-state index contributed by atoms with van der Waals surface area (Å²) >= 11 is 0. The average Bonchev–Trinajstić information content (AvgIpc) is 2.75. The Morgan fingerprint density at radius 3 is 2.42 bits per heavy atom. The summed E-state index contributed by atoms with van der Waals surface area (Å²) in [5, 5.41) is 7.64. The summed E-state index contributed by atoms with van der Waals surface area (Å²) in [4.78, 5) is 0. The summed E-state index contributed by atoms with van der Waals surface area (Å²) < 4.78 is 1.86. The van der Waals surface area contributed by atoms with Crippen LogP contribution in [0.1, 0.15) is 34.7 Å². The molecule has 1 unspecified atom stereocenters. The van der Waals surface area contributed by atoms with Gasteiger partial charge in [0.1, 0.15) is 0 Å². The molecule has 3 heteroatoms. The van der Waals surface area contributed by atoms with Gasteiger partial charge < -0.3 is 5.32 Å². The van der Waals surface area contributed by atoms with Crippen molar-refractivity contribution in [3.05, 3.63) is 52.8 Å². The van der Waals surface area contributed by atoms with Crippen LogP contribution in [0.25, 0.3) is 0 Å². The third-order valence-corrected chi connectivity index (χ3v) is 3.47. The molecule has 0 saturated carbocycles. The Morgan fingerprint density at radius 2 is 1.89 bits per heavy atom. The number of hydrogen-bond acceptors (Lipinski definition) is 2. The molecule has 0 aliphatic heterocycles. The van der Waals surface area contributed by atoms with Crippen molar-refractivity contribution in [1.29, 1.82) is 0 Å². The molecule has 1 N–H and O–H groups in total. The third-order valence-electron chi connectivity index (χ3n) is 3.47. The molecule has 0 aliphatic carbocycles. The number of aromatic nitrogens is 2. The third kappa shape index (κ3) is 3.67. The predicted molar refractivity (Wildman–Crippen MR) is 79.2 cm³/mol. The summed E-state index contributed by atoms with van der Waals surface area (Å²) in [6, 6.07) is 7.17. The first-order valence-electron chi connectivity index (χ1n) is 6.81. The second kappa shape index (κ2) is 6.02. The highest BCUT2D eigenvalue weighted by Crippen LogP contribution is 2.21. The first kappa shape index (κ1) is 13.8. The first-order valence-corrected chi connectivity index (χ1v) is 6.81. The zero-order valence-electron chi connectivity index (χ0n) is 12.3. The van der Waals surface area contributed by atoms with Gasteiger partial charge in [0.2, 0.25) is 0 Å². The van der Waals surface area contributed by atoms with E-state index in [-0.39, 0.29) is 0 Å². The molecule has 2 rings (SSSR count). The molecule has 1 heterocycles. The molecule has 1 atom stereocenters. The zero-order valence-corrected chi connectivity index (χ0v) is 12.3. The van der Waals surface area contributed by atoms with Gasteiger partial charge in [-0.1, -0.05) is 29.3 Å². The Kier molecular flexibility index (Phi) is 4.38. The molecule has 0 aliphatic rings. The lowest BCUT2D eigenvalue weighted by Crippen LogP contribution is -2.17. The number of benzene rings is 1. The maximum atomic E-state index is 4.22. The Balaban J connectivity index is 2.07. The van der Waals surface area contributed by atoms with E-state index in [2.05, 4.69) is 48.7 Å². The monoisotopic (exact) mass is 257 g/mol. The van der Waals surface area contributed by atoms with Crippen LogP contribution in [0.3, 0.4) is 0 Å². The fraction of sp³-hybridized carbons (Fsp3) is 0.438. The van der Waals surface area contributed by atoms with Gasteiger partial charge >= 0.3 is 0 Å². The van der Waals surface area contributed by atoms with Crippen molar-refractivity contribution in [2.24, 2.45) is 7.05 Å². The highest BCUT2D eigenvalue weighted by Gasteiger charge is 2.10. The summed E-state index contributed by atoms with van der Waals surface area (Å²) in [6.45, 7) is 4.31. The van der Waals surface area contributed by atoms with Crippen molar-refractivity contribution in [2.45, 2.75) is 32.7 Å². The molecule has 3 nitrogen and oxygen atoms in total. The van der Waals surface area contributed by atoms with E-state index in [0.29, 0.717) is 6.04 Å². The van der Waals surface area contributed by atoms with Gasteiger partial charge in [0, 0.05) is 19.3 Å². The van der Waals surface area contributed by atoms with E-state index in [1.54, 1.807) is 0 Å². The van der Waals surface area contributed by atoms with Crippen LogP contribution in [0, 0.1) is 13.8 Å². The van der Waals surface area contributed by atoms with Crippen LogP contribution < -0.4 is 5.32 Å². The Labute approximate surface area is 115 Å². The molecule has 0 saturated heterocycles. The molecule has 19 heavy (non-hydrogen) atoms. The van der Waals surface area contributed by atoms with Crippen molar-refractivity contribution < 1.29 is 0 Å². The molecule has 0 radical (unpaired) electrons. The van der Waals surface area contributed by atoms with Gasteiger partial charge in [-0.3, -0.25) is 4.68 Å². The maximum absolute atomic E-state index is 4.22. The zero-order chi connectivity index (χ0) is 13.8. The molecule has 0 fully saturated rings. The highest BCUT2D eigenvalue weighted by molar-refractivity contribution is 5.30. The first-order chi connectivity index (χ1) is 9.08. The van der Waals surface area contributed by atoms with Gasteiger partial charge in [0.15, 0.2) is 0 Å². The maximum Gasteiger partial charge on any atom is 0.0521 e. The fourth-order valence-electron chi connectivity index (χ4n) is 2.60. The topological polar surface area (TPSA) is 29.9 Å². The smallest absolute Gasteiger partial charge is 0.0521 e. The minimum Gasteiger partial charge on any atom is -0.313 e. The Hall–Kier alpha value is -1.61. The largest absolute Gasteiger partial charge is 0.313 e. The van der Waals surface area contributed by atoms with Gasteiger partial charge in [-0.05, 0) is 44.9 Å². The summed E-state index contributed by atoms with van der Waals surface area (Å²) in [5.41, 5.74) is 5.34. The summed E-state index contributed by atoms with van der Waals surface area (Å²) in [5.74, 6) is 0. The number of hydrogen-bond donors (Lipinski definition) is 1. The van der Waals surface area contributed by atoms with Crippen molar-refractivity contribution in [3.63, 3.8) is 0 Å². The Bertz CT molecular complexity index is 522. The molecular formula is C16H23N3. The van der Waals surface area contributed by atoms with Crippen LogP contribution in [0.2, 0.25) is 0 Å². The van der Waals surface area contributed by atoms with Crippen molar-refractivity contribution >= 4 is 0 Å². The van der Waals surface area contributed by atoms with E-state index in [1.165, 1.54) is 22.3 Å². The molecule has 1 aromatic heterocycles. The SMILES string of the molecule is CNC(CCc1cnn(C)c1)c1cc(C)cc(C)c1. The number of nitrogens with zero attached hydrogens (tertiary/aromatic N) is 2.